The molecule has 0 bridgehead atoms. The molecule has 0 saturated heterocycles. The number of rotatable bonds is 1. The first-order valence-corrected chi connectivity index (χ1v) is 3.14. The zero-order valence-corrected chi connectivity index (χ0v) is 5.52. The Kier molecular flexibility index (Phi) is 1.39. The largest absolute Gasteiger partial charge is 0.327 e. The van der Waals surface area contributed by atoms with Crippen LogP contribution in [0.4, 0.5) is 0 Å². The quantitative estimate of drug-likeness (QED) is 0.507. The molecule has 0 aromatic carbocycles. The third-order valence-electron chi connectivity index (χ3n) is 1.91. The van der Waals surface area contributed by atoms with Crippen LogP contribution in [0.3, 0.4) is 0 Å². The molecule has 2 unspecified atom stereocenters. The van der Waals surface area contributed by atoms with Crippen LogP contribution in [0.2, 0.25) is 0 Å². The highest BCUT2D eigenvalue weighted by molar-refractivity contribution is 5.17. The topological polar surface area (TPSA) is 26.0 Å². The average molecular weight is 111 g/mol. The Morgan fingerprint density at radius 3 is 2.50 bits per heavy atom. The molecule has 2 N–H and O–H groups in total. The molecular formula is C7H13N. The molecule has 0 radical (unpaired) electrons. The normalized spacial score (nSPS) is 30.9. The van der Waals surface area contributed by atoms with Gasteiger partial charge in [0.05, 0.1) is 0 Å². The fraction of sp³-hybridized carbons (Fsp3) is 0.714. The van der Waals surface area contributed by atoms with Crippen molar-refractivity contribution in [3.63, 3.8) is 0 Å². The van der Waals surface area contributed by atoms with E-state index in [9.17, 15) is 0 Å². The Hall–Kier alpha value is -0.300. The Bertz CT molecular complexity index is 114. The molecule has 0 heterocycles. The van der Waals surface area contributed by atoms with Crippen LogP contribution in [0.5, 0.6) is 0 Å². The lowest BCUT2D eigenvalue weighted by Crippen LogP contribution is -2.30. The predicted octanol–water partition coefficient (Wildman–Crippen LogP) is 1.30. The second-order valence-corrected chi connectivity index (χ2v) is 2.65. The van der Waals surface area contributed by atoms with Gasteiger partial charge >= 0.3 is 0 Å². The molecule has 1 aliphatic rings. The van der Waals surface area contributed by atoms with Crippen LogP contribution in [0, 0.1) is 5.92 Å². The fourth-order valence-electron chi connectivity index (χ4n) is 1.12. The van der Waals surface area contributed by atoms with E-state index >= 15 is 0 Å². The van der Waals surface area contributed by atoms with E-state index in [2.05, 4.69) is 19.9 Å². The lowest BCUT2D eigenvalue weighted by Gasteiger charge is -2.27. The minimum Gasteiger partial charge on any atom is -0.327 e. The summed E-state index contributed by atoms with van der Waals surface area (Å²) in [6, 6.07) is 0.361. The molecule has 0 aromatic heterocycles. The van der Waals surface area contributed by atoms with E-state index in [1.54, 1.807) is 0 Å². The maximum atomic E-state index is 5.65. The van der Waals surface area contributed by atoms with E-state index in [-0.39, 0.29) is 0 Å². The fourth-order valence-corrected chi connectivity index (χ4v) is 1.12. The van der Waals surface area contributed by atoms with Gasteiger partial charge in [-0.15, -0.1) is 0 Å². The van der Waals surface area contributed by atoms with Gasteiger partial charge in [0.15, 0.2) is 0 Å². The van der Waals surface area contributed by atoms with Crippen LogP contribution >= 0.6 is 0 Å². The second kappa shape index (κ2) is 1.90. The maximum absolute atomic E-state index is 5.65. The van der Waals surface area contributed by atoms with Gasteiger partial charge in [0.1, 0.15) is 0 Å². The summed E-state index contributed by atoms with van der Waals surface area (Å²) in [5, 5.41) is 0. The smallest absolute Gasteiger partial charge is 0.00789 e. The molecular weight excluding hydrogens is 98.1 g/mol. The Morgan fingerprint density at radius 1 is 1.88 bits per heavy atom. The van der Waals surface area contributed by atoms with Crippen molar-refractivity contribution >= 4 is 0 Å². The molecule has 8 heavy (non-hydrogen) atoms. The number of nitrogens with two attached hydrogens (primary N) is 1. The molecule has 1 rings (SSSR count). The summed E-state index contributed by atoms with van der Waals surface area (Å²) in [4.78, 5) is 0. The van der Waals surface area contributed by atoms with Gasteiger partial charge in [-0.05, 0) is 26.2 Å². The van der Waals surface area contributed by atoms with Gasteiger partial charge < -0.3 is 5.73 Å². The van der Waals surface area contributed by atoms with Crippen molar-refractivity contribution in [3.05, 3.63) is 11.6 Å². The summed E-state index contributed by atoms with van der Waals surface area (Å²) < 4.78 is 0. The van der Waals surface area contributed by atoms with E-state index in [4.69, 9.17) is 5.73 Å². The number of hydrogen-bond donors (Lipinski definition) is 1. The van der Waals surface area contributed by atoms with Crippen LogP contribution in [-0.4, -0.2) is 6.04 Å². The van der Waals surface area contributed by atoms with E-state index in [0.717, 1.165) is 0 Å². The standard InChI is InChI=1S/C7H13N/c1-5-3-4-7(5)6(2)8/h3,6-7H,4,8H2,1-2H3. The summed E-state index contributed by atoms with van der Waals surface area (Å²) in [5.74, 6) is 0.690. The first kappa shape index (κ1) is 5.83. The molecule has 1 nitrogen and oxygen atoms in total. The molecule has 46 valence electrons. The molecule has 0 aliphatic heterocycles. The van der Waals surface area contributed by atoms with Crippen molar-refractivity contribution in [1.29, 1.82) is 0 Å². The highest BCUT2D eigenvalue weighted by atomic mass is 14.6. The van der Waals surface area contributed by atoms with Crippen molar-refractivity contribution in [2.75, 3.05) is 0 Å². The molecule has 0 spiro atoms. The Labute approximate surface area is 50.6 Å². The van der Waals surface area contributed by atoms with Crippen LogP contribution in [0.25, 0.3) is 0 Å². The Morgan fingerprint density at radius 2 is 2.50 bits per heavy atom. The van der Waals surface area contributed by atoms with E-state index < -0.39 is 0 Å². The summed E-state index contributed by atoms with van der Waals surface area (Å²) in [5.41, 5.74) is 7.12. The summed E-state index contributed by atoms with van der Waals surface area (Å²) in [6.07, 6.45) is 3.44. The Balaban J connectivity index is 2.43. The summed E-state index contributed by atoms with van der Waals surface area (Å²) in [7, 11) is 0. The van der Waals surface area contributed by atoms with Gasteiger partial charge in [-0.2, -0.15) is 0 Å². The van der Waals surface area contributed by atoms with Gasteiger partial charge in [0.25, 0.3) is 0 Å². The predicted molar refractivity (Wildman–Crippen MR) is 35.5 cm³/mol. The van der Waals surface area contributed by atoms with Crippen molar-refractivity contribution < 1.29 is 0 Å². The molecule has 0 fully saturated rings. The number of hydrogen-bond acceptors (Lipinski definition) is 1. The number of allylic oxidation sites excluding steroid dienone is 1. The lowest BCUT2D eigenvalue weighted by molar-refractivity contribution is 0.472. The second-order valence-electron chi connectivity index (χ2n) is 2.65. The molecule has 0 saturated carbocycles. The summed E-state index contributed by atoms with van der Waals surface area (Å²) >= 11 is 0. The first-order chi connectivity index (χ1) is 3.72. The van der Waals surface area contributed by atoms with Crippen LogP contribution in [-0.2, 0) is 0 Å². The summed E-state index contributed by atoms with van der Waals surface area (Å²) in [6.45, 7) is 4.22. The molecule has 1 heteroatoms. The third-order valence-corrected chi connectivity index (χ3v) is 1.91. The zero-order chi connectivity index (χ0) is 6.15. The van der Waals surface area contributed by atoms with Crippen LogP contribution < -0.4 is 5.73 Å². The van der Waals surface area contributed by atoms with Gasteiger partial charge in [0, 0.05) is 6.04 Å². The van der Waals surface area contributed by atoms with Crippen LogP contribution in [0.1, 0.15) is 20.3 Å². The molecule has 1 aliphatic carbocycles. The third kappa shape index (κ3) is 0.781. The SMILES string of the molecule is CC1=CCC1C(C)N. The van der Waals surface area contributed by atoms with Gasteiger partial charge in [-0.3, -0.25) is 0 Å². The van der Waals surface area contributed by atoms with E-state index in [1.807, 2.05) is 0 Å². The average Bonchev–Trinajstić information content (AvgIpc) is 1.61. The minimum absolute atomic E-state index is 0.361. The van der Waals surface area contributed by atoms with Gasteiger partial charge in [0.2, 0.25) is 0 Å². The molecule has 0 amide bonds. The van der Waals surface area contributed by atoms with Crippen LogP contribution in [0.15, 0.2) is 11.6 Å². The molecule has 2 atom stereocenters. The van der Waals surface area contributed by atoms with Gasteiger partial charge in [-0.1, -0.05) is 11.6 Å². The van der Waals surface area contributed by atoms with E-state index in [1.165, 1.54) is 12.0 Å². The van der Waals surface area contributed by atoms with Crippen molar-refractivity contribution in [2.24, 2.45) is 11.7 Å². The van der Waals surface area contributed by atoms with Crippen molar-refractivity contribution in [3.8, 4) is 0 Å². The van der Waals surface area contributed by atoms with E-state index in [0.29, 0.717) is 12.0 Å². The monoisotopic (exact) mass is 111 g/mol. The lowest BCUT2D eigenvalue weighted by atomic mass is 9.81. The van der Waals surface area contributed by atoms with Crippen molar-refractivity contribution in [1.82, 2.24) is 0 Å². The van der Waals surface area contributed by atoms with Gasteiger partial charge in [-0.25, -0.2) is 0 Å². The molecule has 0 aromatic rings. The maximum Gasteiger partial charge on any atom is 0.00789 e. The minimum atomic E-state index is 0.361. The zero-order valence-electron chi connectivity index (χ0n) is 5.52. The highest BCUT2D eigenvalue weighted by Gasteiger charge is 2.20. The first-order valence-electron chi connectivity index (χ1n) is 3.14. The highest BCUT2D eigenvalue weighted by Crippen LogP contribution is 2.27. The van der Waals surface area contributed by atoms with Crippen molar-refractivity contribution in [2.45, 2.75) is 26.3 Å².